The highest BCUT2D eigenvalue weighted by Crippen LogP contribution is 2.45. The number of methoxy groups -OCH3 is 1. The van der Waals surface area contributed by atoms with Gasteiger partial charge in [-0.1, -0.05) is 42.5 Å². The third kappa shape index (κ3) is 3.34. The van der Waals surface area contributed by atoms with Crippen molar-refractivity contribution in [2.24, 2.45) is 0 Å². The number of anilines is 1. The van der Waals surface area contributed by atoms with Crippen LogP contribution >= 0.6 is 0 Å². The zero-order chi connectivity index (χ0) is 21.3. The molecule has 1 amide bonds. The number of carbonyl (C=O) groups is 1. The molecule has 1 aliphatic heterocycles. The monoisotopic (exact) mass is 404 g/mol. The van der Waals surface area contributed by atoms with Gasteiger partial charge in [-0.2, -0.15) is 0 Å². The summed E-state index contributed by atoms with van der Waals surface area (Å²) in [5.41, 5.74) is 2.04. The SMILES string of the molecule is COc1ccccc1[C@H]1[C@@H](Oc2ccccc2C)C(=O)N1c1cccc([N+](=O)[O-])c1. The van der Waals surface area contributed by atoms with E-state index in [4.69, 9.17) is 9.47 Å². The molecule has 4 rings (SSSR count). The van der Waals surface area contributed by atoms with E-state index in [9.17, 15) is 14.9 Å². The van der Waals surface area contributed by atoms with Crippen molar-refractivity contribution >= 4 is 17.3 Å². The van der Waals surface area contributed by atoms with E-state index in [2.05, 4.69) is 0 Å². The summed E-state index contributed by atoms with van der Waals surface area (Å²) in [5.74, 6) is 0.966. The maximum absolute atomic E-state index is 13.1. The Bertz CT molecular complexity index is 1110. The van der Waals surface area contributed by atoms with E-state index >= 15 is 0 Å². The highest BCUT2D eigenvalue weighted by atomic mass is 16.6. The standard InChI is InChI=1S/C23H20N2O5/c1-15-8-3-5-12-19(15)30-22-21(18-11-4-6-13-20(18)29-2)24(23(22)26)16-9-7-10-17(14-16)25(27)28/h3-14,21-22H,1-2H3/t21-,22+/m0/s1. The first-order chi connectivity index (χ1) is 14.5. The molecule has 7 nitrogen and oxygen atoms in total. The lowest BCUT2D eigenvalue weighted by Gasteiger charge is -2.47. The van der Waals surface area contributed by atoms with E-state index in [-0.39, 0.29) is 11.6 Å². The van der Waals surface area contributed by atoms with Crippen LogP contribution < -0.4 is 14.4 Å². The molecule has 152 valence electrons. The maximum atomic E-state index is 13.1. The van der Waals surface area contributed by atoms with Crippen LogP contribution in [0.5, 0.6) is 11.5 Å². The van der Waals surface area contributed by atoms with Gasteiger partial charge in [-0.05, 0) is 30.7 Å². The van der Waals surface area contributed by atoms with Gasteiger partial charge in [0.2, 0.25) is 6.10 Å². The van der Waals surface area contributed by atoms with Crippen LogP contribution in [-0.4, -0.2) is 24.0 Å². The number of carbonyl (C=O) groups excluding carboxylic acids is 1. The largest absolute Gasteiger partial charge is 0.496 e. The lowest BCUT2D eigenvalue weighted by molar-refractivity contribution is -0.384. The lowest BCUT2D eigenvalue weighted by atomic mass is 9.89. The Morgan fingerprint density at radius 3 is 2.37 bits per heavy atom. The molecular weight excluding hydrogens is 384 g/mol. The maximum Gasteiger partial charge on any atom is 0.271 e. The smallest absolute Gasteiger partial charge is 0.271 e. The molecule has 1 aliphatic rings. The van der Waals surface area contributed by atoms with Crippen molar-refractivity contribution in [1.29, 1.82) is 0 Å². The summed E-state index contributed by atoms with van der Waals surface area (Å²) >= 11 is 0. The number of rotatable bonds is 6. The average molecular weight is 404 g/mol. The molecule has 1 fully saturated rings. The van der Waals surface area contributed by atoms with Crippen LogP contribution in [0, 0.1) is 17.0 Å². The molecule has 7 heteroatoms. The molecule has 0 saturated carbocycles. The molecule has 1 heterocycles. The van der Waals surface area contributed by atoms with Crippen molar-refractivity contribution < 1.29 is 19.2 Å². The predicted octanol–water partition coefficient (Wildman–Crippen LogP) is 4.45. The molecule has 0 N–H and O–H groups in total. The van der Waals surface area contributed by atoms with Gasteiger partial charge in [-0.15, -0.1) is 0 Å². The Kier molecular flexibility index (Phi) is 5.10. The minimum absolute atomic E-state index is 0.0812. The van der Waals surface area contributed by atoms with E-state index < -0.39 is 17.1 Å². The summed E-state index contributed by atoms with van der Waals surface area (Å²) in [6.07, 6.45) is -0.776. The normalized spacial score (nSPS) is 17.9. The molecule has 30 heavy (non-hydrogen) atoms. The summed E-state index contributed by atoms with van der Waals surface area (Å²) in [4.78, 5) is 25.4. The topological polar surface area (TPSA) is 81.9 Å². The van der Waals surface area contributed by atoms with Crippen LogP contribution in [0.25, 0.3) is 0 Å². The number of nitrogens with zero attached hydrogens (tertiary/aromatic N) is 2. The van der Waals surface area contributed by atoms with Crippen LogP contribution in [0.3, 0.4) is 0 Å². The fourth-order valence-corrected chi connectivity index (χ4v) is 3.66. The molecule has 0 bridgehead atoms. The molecule has 0 radical (unpaired) electrons. The van der Waals surface area contributed by atoms with E-state index in [0.29, 0.717) is 17.2 Å². The summed E-state index contributed by atoms with van der Waals surface area (Å²) in [6.45, 7) is 1.91. The molecule has 3 aromatic rings. The lowest BCUT2D eigenvalue weighted by Crippen LogP contribution is -2.61. The van der Waals surface area contributed by atoms with Gasteiger partial charge in [0.25, 0.3) is 11.6 Å². The second-order valence-electron chi connectivity index (χ2n) is 6.98. The minimum Gasteiger partial charge on any atom is -0.496 e. The molecule has 0 unspecified atom stereocenters. The number of aryl methyl sites for hydroxylation is 1. The van der Waals surface area contributed by atoms with Gasteiger partial charge in [-0.3, -0.25) is 19.8 Å². The predicted molar refractivity (Wildman–Crippen MR) is 112 cm³/mol. The van der Waals surface area contributed by atoms with E-state index in [1.54, 1.807) is 19.2 Å². The number of nitro groups is 1. The molecule has 2 atom stereocenters. The molecule has 3 aromatic carbocycles. The molecular formula is C23H20N2O5. The fraction of sp³-hybridized carbons (Fsp3) is 0.174. The molecule has 0 aliphatic carbocycles. The van der Waals surface area contributed by atoms with Crippen LogP contribution in [0.15, 0.2) is 72.8 Å². The Morgan fingerprint density at radius 1 is 0.967 bits per heavy atom. The molecule has 1 saturated heterocycles. The zero-order valence-electron chi connectivity index (χ0n) is 16.5. The first kappa shape index (κ1) is 19.4. The number of benzene rings is 3. The number of para-hydroxylation sites is 2. The van der Waals surface area contributed by atoms with Crippen molar-refractivity contribution in [2.45, 2.75) is 19.1 Å². The Balaban J connectivity index is 1.77. The third-order valence-corrected chi connectivity index (χ3v) is 5.17. The highest BCUT2D eigenvalue weighted by Gasteiger charge is 2.52. The van der Waals surface area contributed by atoms with Crippen LogP contribution in [0.1, 0.15) is 17.2 Å². The summed E-state index contributed by atoms with van der Waals surface area (Å²) in [5, 5.41) is 11.2. The number of β-lactam (4-membered cyclic amide) rings is 1. The van der Waals surface area contributed by atoms with Gasteiger partial charge in [0.05, 0.1) is 17.7 Å². The summed E-state index contributed by atoms with van der Waals surface area (Å²) in [6, 6.07) is 20.4. The number of amides is 1. The average Bonchev–Trinajstić information content (AvgIpc) is 2.76. The van der Waals surface area contributed by atoms with Gasteiger partial charge in [0.15, 0.2) is 0 Å². The fourth-order valence-electron chi connectivity index (χ4n) is 3.66. The third-order valence-electron chi connectivity index (χ3n) is 5.17. The van der Waals surface area contributed by atoms with Crippen molar-refractivity contribution in [3.63, 3.8) is 0 Å². The Labute approximate surface area is 173 Å². The molecule has 0 spiro atoms. The van der Waals surface area contributed by atoms with Crippen LogP contribution in [0.4, 0.5) is 11.4 Å². The van der Waals surface area contributed by atoms with Crippen molar-refractivity contribution in [1.82, 2.24) is 0 Å². The quantitative estimate of drug-likeness (QED) is 0.344. The van der Waals surface area contributed by atoms with Crippen LogP contribution in [0.2, 0.25) is 0 Å². The Hall–Kier alpha value is -3.87. The van der Waals surface area contributed by atoms with E-state index in [1.807, 2.05) is 55.5 Å². The minimum atomic E-state index is -0.776. The second kappa shape index (κ2) is 7.87. The summed E-state index contributed by atoms with van der Waals surface area (Å²) < 4.78 is 11.6. The first-order valence-corrected chi connectivity index (χ1v) is 9.44. The molecule has 0 aromatic heterocycles. The van der Waals surface area contributed by atoms with Crippen molar-refractivity contribution in [3.8, 4) is 11.5 Å². The first-order valence-electron chi connectivity index (χ1n) is 9.44. The van der Waals surface area contributed by atoms with Gasteiger partial charge >= 0.3 is 0 Å². The van der Waals surface area contributed by atoms with E-state index in [1.165, 1.54) is 17.0 Å². The number of hydrogen-bond donors (Lipinski definition) is 0. The van der Waals surface area contributed by atoms with Crippen molar-refractivity contribution in [3.05, 3.63) is 94.0 Å². The van der Waals surface area contributed by atoms with Gasteiger partial charge in [-0.25, -0.2) is 0 Å². The van der Waals surface area contributed by atoms with Crippen molar-refractivity contribution in [2.75, 3.05) is 12.0 Å². The van der Waals surface area contributed by atoms with Crippen LogP contribution in [-0.2, 0) is 4.79 Å². The van der Waals surface area contributed by atoms with Gasteiger partial charge in [0.1, 0.15) is 17.5 Å². The zero-order valence-corrected chi connectivity index (χ0v) is 16.5. The van der Waals surface area contributed by atoms with Gasteiger partial charge < -0.3 is 9.47 Å². The number of nitro benzene ring substituents is 1. The van der Waals surface area contributed by atoms with Gasteiger partial charge in [0, 0.05) is 17.7 Å². The van der Waals surface area contributed by atoms with E-state index in [0.717, 1.165) is 11.1 Å². The number of hydrogen-bond acceptors (Lipinski definition) is 5. The number of ether oxygens (including phenoxy) is 2. The highest BCUT2D eigenvalue weighted by molar-refractivity contribution is 6.05. The Morgan fingerprint density at radius 2 is 1.67 bits per heavy atom. The second-order valence-corrected chi connectivity index (χ2v) is 6.98. The summed E-state index contributed by atoms with van der Waals surface area (Å²) in [7, 11) is 1.56. The number of non-ortho nitro benzene ring substituents is 1.